The quantitative estimate of drug-likeness (QED) is 0.570. The number of esters is 1. The van der Waals surface area contributed by atoms with Crippen LogP contribution in [0.4, 0.5) is 0 Å². The summed E-state index contributed by atoms with van der Waals surface area (Å²) in [5, 5.41) is 4.30. The minimum absolute atomic E-state index is 0.0313. The summed E-state index contributed by atoms with van der Waals surface area (Å²) in [6.07, 6.45) is 3.89. The fraction of sp³-hybridized carbons (Fsp3) is 0.304. The first-order chi connectivity index (χ1) is 15.0. The Hall–Kier alpha value is -2.97. The van der Waals surface area contributed by atoms with Crippen molar-refractivity contribution in [2.24, 2.45) is 0 Å². The third kappa shape index (κ3) is 4.70. The molecule has 1 aliphatic rings. The number of benzene rings is 2. The summed E-state index contributed by atoms with van der Waals surface area (Å²) < 4.78 is 35.5. The Morgan fingerprint density at radius 2 is 1.84 bits per heavy atom. The van der Waals surface area contributed by atoms with Gasteiger partial charge in [0.15, 0.2) is 0 Å². The number of aromatic nitrogens is 2. The molecule has 0 spiro atoms. The lowest BCUT2D eigenvalue weighted by molar-refractivity contribution is -0.144. The smallest absolute Gasteiger partial charge is 0.327 e. The number of nitrogens with one attached hydrogen (secondary N) is 1. The third-order valence-corrected chi connectivity index (χ3v) is 6.90. The van der Waals surface area contributed by atoms with Crippen LogP contribution in [0.15, 0.2) is 65.7 Å². The number of nitrogens with zero attached hydrogens (tertiary/aromatic N) is 2. The lowest BCUT2D eigenvalue weighted by atomic mass is 9.94. The molecule has 0 saturated carbocycles. The van der Waals surface area contributed by atoms with Crippen molar-refractivity contribution in [2.75, 3.05) is 6.61 Å². The minimum Gasteiger partial charge on any atom is -0.465 e. The Labute approximate surface area is 182 Å². The summed E-state index contributed by atoms with van der Waals surface area (Å²) in [7, 11) is -3.70. The zero-order chi connectivity index (χ0) is 21.8. The first-order valence-electron chi connectivity index (χ1n) is 10.4. The van der Waals surface area contributed by atoms with Gasteiger partial charge >= 0.3 is 5.97 Å². The van der Waals surface area contributed by atoms with Gasteiger partial charge in [0.2, 0.25) is 10.0 Å². The van der Waals surface area contributed by atoms with E-state index in [1.54, 1.807) is 29.9 Å². The molecular weight excluding hydrogens is 414 g/mol. The highest BCUT2D eigenvalue weighted by Crippen LogP contribution is 2.31. The maximum absolute atomic E-state index is 13.0. The van der Waals surface area contributed by atoms with E-state index >= 15 is 0 Å². The Bertz CT molecular complexity index is 1160. The van der Waals surface area contributed by atoms with Crippen LogP contribution in [0, 0.1) is 0 Å². The Morgan fingerprint density at radius 1 is 1.13 bits per heavy atom. The van der Waals surface area contributed by atoms with Crippen molar-refractivity contribution in [1.82, 2.24) is 14.5 Å². The minimum atomic E-state index is -3.70. The van der Waals surface area contributed by atoms with Crippen LogP contribution in [0.5, 0.6) is 0 Å². The molecule has 1 N–H and O–H groups in total. The molecule has 3 aromatic rings. The topological polar surface area (TPSA) is 90.3 Å². The molecule has 1 heterocycles. The van der Waals surface area contributed by atoms with Crippen LogP contribution in [0.2, 0.25) is 0 Å². The molecule has 31 heavy (non-hydrogen) atoms. The second kappa shape index (κ2) is 9.03. The van der Waals surface area contributed by atoms with Crippen molar-refractivity contribution in [1.29, 1.82) is 0 Å². The van der Waals surface area contributed by atoms with Crippen LogP contribution in [0.1, 0.15) is 37.1 Å². The first kappa shape index (κ1) is 21.3. The number of hydrogen-bond acceptors (Lipinski definition) is 5. The average Bonchev–Trinajstić information content (AvgIpc) is 3.18. The summed E-state index contributed by atoms with van der Waals surface area (Å²) in [4.78, 5) is 12.0. The van der Waals surface area contributed by atoms with Crippen molar-refractivity contribution in [3.8, 4) is 11.1 Å². The van der Waals surface area contributed by atoms with Gasteiger partial charge < -0.3 is 4.74 Å². The normalized spacial score (nSPS) is 16.0. The summed E-state index contributed by atoms with van der Waals surface area (Å²) in [6.45, 7) is 2.10. The number of hydrogen-bond donors (Lipinski definition) is 1. The van der Waals surface area contributed by atoms with Gasteiger partial charge in [-0.25, -0.2) is 13.1 Å². The molecule has 0 aliphatic heterocycles. The van der Waals surface area contributed by atoms with Crippen molar-refractivity contribution in [3.05, 3.63) is 72.1 Å². The molecule has 1 atom stereocenters. The number of sulfonamides is 1. The molecule has 8 heteroatoms. The molecule has 0 saturated heterocycles. The average molecular weight is 440 g/mol. The highest BCUT2D eigenvalue weighted by Gasteiger charge is 2.29. The first-order valence-corrected chi connectivity index (χ1v) is 11.8. The molecule has 1 aliphatic carbocycles. The summed E-state index contributed by atoms with van der Waals surface area (Å²) in [5.74, 6) is -0.352. The second-order valence-electron chi connectivity index (χ2n) is 7.47. The van der Waals surface area contributed by atoms with Gasteiger partial charge in [-0.05, 0) is 49.4 Å². The molecule has 1 aromatic heterocycles. The van der Waals surface area contributed by atoms with Crippen molar-refractivity contribution in [3.63, 3.8) is 0 Å². The van der Waals surface area contributed by atoms with Crippen LogP contribution >= 0.6 is 0 Å². The predicted octanol–water partition coefficient (Wildman–Crippen LogP) is 3.47. The van der Waals surface area contributed by atoms with Gasteiger partial charge in [-0.2, -0.15) is 5.10 Å². The molecule has 0 amide bonds. The molecule has 0 bridgehead atoms. The van der Waals surface area contributed by atoms with Gasteiger partial charge in [-0.1, -0.05) is 42.5 Å². The predicted molar refractivity (Wildman–Crippen MR) is 117 cm³/mol. The summed E-state index contributed by atoms with van der Waals surface area (Å²) in [5.41, 5.74) is 3.69. The van der Waals surface area contributed by atoms with E-state index in [0.717, 1.165) is 35.2 Å². The molecule has 7 nitrogen and oxygen atoms in total. The fourth-order valence-corrected chi connectivity index (χ4v) is 5.17. The van der Waals surface area contributed by atoms with Gasteiger partial charge in [-0.15, -0.1) is 0 Å². The van der Waals surface area contributed by atoms with E-state index in [1.165, 1.54) is 0 Å². The summed E-state index contributed by atoms with van der Waals surface area (Å²) >= 11 is 0. The zero-order valence-electron chi connectivity index (χ0n) is 17.3. The van der Waals surface area contributed by atoms with Gasteiger partial charge in [0.25, 0.3) is 0 Å². The molecule has 0 fully saturated rings. The van der Waals surface area contributed by atoms with Crippen molar-refractivity contribution >= 4 is 16.0 Å². The van der Waals surface area contributed by atoms with E-state index in [0.29, 0.717) is 13.0 Å². The second-order valence-corrected chi connectivity index (χ2v) is 9.18. The maximum atomic E-state index is 13.0. The summed E-state index contributed by atoms with van der Waals surface area (Å²) in [6, 6.07) is 16.3. The maximum Gasteiger partial charge on any atom is 0.327 e. The zero-order valence-corrected chi connectivity index (χ0v) is 18.1. The van der Waals surface area contributed by atoms with E-state index in [9.17, 15) is 13.2 Å². The Kier molecular flexibility index (Phi) is 6.20. The van der Waals surface area contributed by atoms with Crippen LogP contribution in [0.25, 0.3) is 11.1 Å². The molecule has 162 valence electrons. The van der Waals surface area contributed by atoms with Crippen molar-refractivity contribution < 1.29 is 17.9 Å². The standard InChI is InChI=1S/C23H25N3O4S/c1-2-30-23(27)16-26-22-10-6-9-21(20(22)15-24-26)25-31(28,29)19-13-11-18(12-14-19)17-7-4-3-5-8-17/h3-5,7-8,11-15,21,25H,2,6,9-10,16H2,1H3. The molecule has 4 rings (SSSR count). The number of ether oxygens (including phenoxy) is 1. The van der Waals surface area contributed by atoms with Crippen molar-refractivity contribution in [2.45, 2.75) is 43.7 Å². The lowest BCUT2D eigenvalue weighted by Crippen LogP contribution is -2.31. The monoisotopic (exact) mass is 439 g/mol. The fourth-order valence-electron chi connectivity index (χ4n) is 3.92. The largest absolute Gasteiger partial charge is 0.465 e. The van der Waals surface area contributed by atoms with Gasteiger partial charge in [0.1, 0.15) is 6.54 Å². The number of fused-ring (bicyclic) bond motifs is 1. The number of carbonyl (C=O) groups excluding carboxylic acids is 1. The van der Waals surface area contributed by atoms with E-state index < -0.39 is 10.0 Å². The third-order valence-electron chi connectivity index (χ3n) is 5.42. The van der Waals surface area contributed by atoms with Crippen LogP contribution < -0.4 is 4.72 Å². The highest BCUT2D eigenvalue weighted by atomic mass is 32.2. The van der Waals surface area contributed by atoms with Crippen LogP contribution in [0.3, 0.4) is 0 Å². The van der Waals surface area contributed by atoms with Crippen LogP contribution in [-0.4, -0.2) is 30.8 Å². The number of carbonyl (C=O) groups is 1. The lowest BCUT2D eigenvalue weighted by Gasteiger charge is -2.24. The van der Waals surface area contributed by atoms with Gasteiger partial charge in [0, 0.05) is 11.3 Å². The van der Waals surface area contributed by atoms with E-state index in [1.807, 2.05) is 42.5 Å². The molecular formula is C23H25N3O4S. The molecule has 2 aromatic carbocycles. The Balaban J connectivity index is 1.52. The van der Waals surface area contributed by atoms with E-state index in [4.69, 9.17) is 4.74 Å². The molecule has 0 radical (unpaired) electrons. The number of rotatable bonds is 7. The van der Waals surface area contributed by atoms with E-state index in [-0.39, 0.29) is 23.5 Å². The SMILES string of the molecule is CCOC(=O)Cn1ncc2c1CCCC2NS(=O)(=O)c1ccc(-c2ccccc2)cc1. The van der Waals surface area contributed by atoms with Gasteiger partial charge in [-0.3, -0.25) is 9.48 Å². The van der Waals surface area contributed by atoms with Crippen LogP contribution in [-0.2, 0) is 32.5 Å². The molecule has 1 unspecified atom stereocenters. The highest BCUT2D eigenvalue weighted by molar-refractivity contribution is 7.89. The van der Waals surface area contributed by atoms with Gasteiger partial charge in [0.05, 0.1) is 23.7 Å². The van der Waals surface area contributed by atoms with E-state index in [2.05, 4.69) is 9.82 Å². The Morgan fingerprint density at radius 3 is 2.55 bits per heavy atom.